The van der Waals surface area contributed by atoms with Gasteiger partial charge >= 0.3 is 0 Å². The molecule has 4 heteroatoms. The Morgan fingerprint density at radius 2 is 2.29 bits per heavy atom. The van der Waals surface area contributed by atoms with Gasteiger partial charge in [0.15, 0.2) is 0 Å². The van der Waals surface area contributed by atoms with E-state index in [0.717, 1.165) is 11.3 Å². The molecule has 0 fully saturated rings. The zero-order valence-corrected chi connectivity index (χ0v) is 7.76. The molecule has 0 saturated carbocycles. The predicted octanol–water partition coefficient (Wildman–Crippen LogP) is 2.30. The molecule has 2 nitrogen and oxygen atoms in total. The number of methoxy groups -OCH3 is 1. The fraction of sp³-hybridized carbons (Fsp3) is 0.400. The Hall–Kier alpha value is -1.32. The lowest BCUT2D eigenvalue weighted by Crippen LogP contribution is -2.24. The molecule has 0 aliphatic carbocycles. The zero-order valence-electron chi connectivity index (χ0n) is 7.76. The molecule has 76 valence electrons. The van der Waals surface area contributed by atoms with Crippen molar-refractivity contribution in [2.45, 2.75) is 18.9 Å². The third-order valence-electron chi connectivity index (χ3n) is 2.40. The summed E-state index contributed by atoms with van der Waals surface area (Å²) >= 11 is 0. The van der Waals surface area contributed by atoms with Crippen LogP contribution in [0, 0.1) is 0 Å². The summed E-state index contributed by atoms with van der Waals surface area (Å²) in [7, 11) is 1.56. The van der Waals surface area contributed by atoms with Crippen LogP contribution in [0.1, 0.15) is 5.56 Å². The smallest absolute Gasteiger partial charge is 0.258 e. The van der Waals surface area contributed by atoms with Crippen molar-refractivity contribution in [3.05, 3.63) is 23.8 Å². The number of fused-ring (bicyclic) bond motifs is 1. The molecule has 1 heterocycles. The minimum atomic E-state index is -2.33. The third-order valence-corrected chi connectivity index (χ3v) is 2.40. The summed E-state index contributed by atoms with van der Waals surface area (Å²) in [5.74, 6) is 0.686. The van der Waals surface area contributed by atoms with Gasteiger partial charge in [-0.2, -0.15) is 0 Å². The molecule has 2 rings (SSSR count). The van der Waals surface area contributed by atoms with Crippen molar-refractivity contribution >= 4 is 5.69 Å². The number of hydrogen-bond acceptors (Lipinski definition) is 2. The molecule has 1 aromatic carbocycles. The van der Waals surface area contributed by atoms with E-state index in [9.17, 15) is 8.78 Å². The lowest BCUT2D eigenvalue weighted by molar-refractivity contribution is 0.126. The molecule has 1 aliphatic rings. The Balaban J connectivity index is 2.22. The van der Waals surface area contributed by atoms with Crippen LogP contribution in [0.25, 0.3) is 0 Å². The summed E-state index contributed by atoms with van der Waals surface area (Å²) in [6, 6.07) is 4.60. The first-order valence-corrected chi connectivity index (χ1v) is 4.42. The highest BCUT2D eigenvalue weighted by atomic mass is 19.3. The summed E-state index contributed by atoms with van der Waals surface area (Å²) in [6.45, 7) is 0. The van der Waals surface area contributed by atoms with Crippen LogP contribution < -0.4 is 10.1 Å². The van der Waals surface area contributed by atoms with Crippen molar-refractivity contribution in [3.63, 3.8) is 0 Å². The standard InChI is InChI=1S/C10H11F2NO/c1-14-7-3-2-6-4-9(10(11)12)13-8(6)5-7/h2-3,5,9-10,13H,4H2,1H3. The molecule has 0 radical (unpaired) electrons. The first kappa shape index (κ1) is 9.24. The molecular formula is C10H11F2NO. The van der Waals surface area contributed by atoms with Gasteiger partial charge in [0, 0.05) is 18.2 Å². The fourth-order valence-corrected chi connectivity index (χ4v) is 1.63. The first-order valence-electron chi connectivity index (χ1n) is 4.42. The minimum Gasteiger partial charge on any atom is -0.497 e. The number of alkyl halides is 2. The number of benzene rings is 1. The number of anilines is 1. The van der Waals surface area contributed by atoms with Crippen molar-refractivity contribution in [3.8, 4) is 5.75 Å². The van der Waals surface area contributed by atoms with E-state index in [0.29, 0.717) is 12.2 Å². The van der Waals surface area contributed by atoms with E-state index >= 15 is 0 Å². The zero-order chi connectivity index (χ0) is 10.1. The van der Waals surface area contributed by atoms with Crippen LogP contribution in [-0.2, 0) is 6.42 Å². The number of hydrogen-bond donors (Lipinski definition) is 1. The van der Waals surface area contributed by atoms with Gasteiger partial charge in [-0.25, -0.2) is 8.78 Å². The topological polar surface area (TPSA) is 21.3 Å². The average molecular weight is 199 g/mol. The molecule has 14 heavy (non-hydrogen) atoms. The summed E-state index contributed by atoms with van der Waals surface area (Å²) < 4.78 is 29.8. The van der Waals surface area contributed by atoms with Gasteiger partial charge in [-0.1, -0.05) is 6.07 Å². The van der Waals surface area contributed by atoms with Crippen molar-refractivity contribution in [2.24, 2.45) is 0 Å². The summed E-state index contributed by atoms with van der Waals surface area (Å²) in [5, 5.41) is 2.78. The largest absolute Gasteiger partial charge is 0.497 e. The molecule has 0 bridgehead atoms. The molecule has 0 spiro atoms. The van der Waals surface area contributed by atoms with E-state index in [1.807, 2.05) is 6.07 Å². The van der Waals surface area contributed by atoms with Crippen molar-refractivity contribution in [1.82, 2.24) is 0 Å². The van der Waals surface area contributed by atoms with E-state index in [1.54, 1.807) is 19.2 Å². The Kier molecular flexibility index (Phi) is 2.27. The second kappa shape index (κ2) is 3.44. The number of ether oxygens (including phenoxy) is 1. The summed E-state index contributed by atoms with van der Waals surface area (Å²) in [4.78, 5) is 0. The monoisotopic (exact) mass is 199 g/mol. The van der Waals surface area contributed by atoms with E-state index in [2.05, 4.69) is 5.32 Å². The van der Waals surface area contributed by atoms with Gasteiger partial charge in [-0.15, -0.1) is 0 Å². The quantitative estimate of drug-likeness (QED) is 0.789. The van der Waals surface area contributed by atoms with E-state index in [4.69, 9.17) is 4.74 Å². The highest BCUT2D eigenvalue weighted by Gasteiger charge is 2.27. The third kappa shape index (κ3) is 1.52. The van der Waals surface area contributed by atoms with E-state index < -0.39 is 12.5 Å². The SMILES string of the molecule is COc1ccc2c(c1)NC(C(F)F)C2. The van der Waals surface area contributed by atoms with Gasteiger partial charge in [0.2, 0.25) is 0 Å². The number of halogens is 2. The van der Waals surface area contributed by atoms with Crippen LogP contribution in [0.3, 0.4) is 0 Å². The Labute approximate surface area is 80.9 Å². The highest BCUT2D eigenvalue weighted by molar-refractivity contribution is 5.60. The number of rotatable bonds is 2. The maximum absolute atomic E-state index is 12.4. The number of nitrogens with one attached hydrogen (secondary N) is 1. The Morgan fingerprint density at radius 1 is 1.50 bits per heavy atom. The lowest BCUT2D eigenvalue weighted by atomic mass is 10.1. The minimum absolute atomic E-state index is 0.386. The molecule has 1 aromatic rings. The summed E-state index contributed by atoms with van der Waals surface area (Å²) in [6.07, 6.45) is -1.94. The highest BCUT2D eigenvalue weighted by Crippen LogP contribution is 2.31. The molecule has 1 N–H and O–H groups in total. The normalized spacial score (nSPS) is 19.3. The average Bonchev–Trinajstić information content (AvgIpc) is 2.59. The van der Waals surface area contributed by atoms with Gasteiger partial charge in [0.25, 0.3) is 6.43 Å². The predicted molar refractivity (Wildman–Crippen MR) is 50.1 cm³/mol. The Bertz CT molecular complexity index is 341. The molecule has 1 unspecified atom stereocenters. The molecule has 0 amide bonds. The van der Waals surface area contributed by atoms with Gasteiger partial charge in [-0.05, 0) is 11.6 Å². The maximum Gasteiger partial charge on any atom is 0.258 e. The van der Waals surface area contributed by atoms with Crippen LogP contribution in [0.2, 0.25) is 0 Å². The lowest BCUT2D eigenvalue weighted by Gasteiger charge is -2.08. The van der Waals surface area contributed by atoms with Gasteiger partial charge < -0.3 is 10.1 Å². The van der Waals surface area contributed by atoms with Crippen LogP contribution >= 0.6 is 0 Å². The summed E-state index contributed by atoms with van der Waals surface area (Å²) in [5.41, 5.74) is 1.69. The van der Waals surface area contributed by atoms with Crippen molar-refractivity contribution in [1.29, 1.82) is 0 Å². The van der Waals surface area contributed by atoms with E-state index in [1.165, 1.54) is 0 Å². The second-order valence-corrected chi connectivity index (χ2v) is 3.31. The van der Waals surface area contributed by atoms with E-state index in [-0.39, 0.29) is 0 Å². The first-order chi connectivity index (χ1) is 6.70. The maximum atomic E-state index is 12.4. The van der Waals surface area contributed by atoms with Crippen LogP contribution in [0.4, 0.5) is 14.5 Å². The molecule has 0 saturated heterocycles. The van der Waals surface area contributed by atoms with Crippen LogP contribution in [0.15, 0.2) is 18.2 Å². The van der Waals surface area contributed by atoms with Crippen LogP contribution in [0.5, 0.6) is 5.75 Å². The van der Waals surface area contributed by atoms with Gasteiger partial charge in [0.1, 0.15) is 5.75 Å². The van der Waals surface area contributed by atoms with Gasteiger partial charge in [-0.3, -0.25) is 0 Å². The molecule has 1 aliphatic heterocycles. The molecule has 0 aromatic heterocycles. The fourth-order valence-electron chi connectivity index (χ4n) is 1.63. The van der Waals surface area contributed by atoms with Crippen LogP contribution in [-0.4, -0.2) is 19.6 Å². The van der Waals surface area contributed by atoms with Crippen molar-refractivity contribution < 1.29 is 13.5 Å². The second-order valence-electron chi connectivity index (χ2n) is 3.31. The Morgan fingerprint density at radius 3 is 2.93 bits per heavy atom. The van der Waals surface area contributed by atoms with Gasteiger partial charge in [0.05, 0.1) is 13.2 Å². The molecule has 1 atom stereocenters. The van der Waals surface area contributed by atoms with Crippen molar-refractivity contribution in [2.75, 3.05) is 12.4 Å². The molecular weight excluding hydrogens is 188 g/mol.